The third-order valence-corrected chi connectivity index (χ3v) is 5.11. The summed E-state index contributed by atoms with van der Waals surface area (Å²) in [6.45, 7) is 1.86. The molecule has 146 valence electrons. The van der Waals surface area contributed by atoms with Gasteiger partial charge in [0, 0.05) is 5.92 Å². The molecule has 2 atom stereocenters. The van der Waals surface area contributed by atoms with Crippen molar-refractivity contribution in [3.63, 3.8) is 0 Å². The van der Waals surface area contributed by atoms with E-state index in [0.717, 1.165) is 11.1 Å². The molecule has 1 aliphatic rings. The van der Waals surface area contributed by atoms with E-state index in [9.17, 15) is 14.0 Å². The van der Waals surface area contributed by atoms with Crippen LogP contribution in [0, 0.1) is 11.7 Å². The SMILES string of the molecule is CCOC(=O)C1C(=O)C=C(c2cccc(OC)c2)CC1c1ccc(F)c(Cl)c1. The molecule has 4 nitrogen and oxygen atoms in total. The Morgan fingerprint density at radius 3 is 2.71 bits per heavy atom. The lowest BCUT2D eigenvalue weighted by Crippen LogP contribution is -2.34. The summed E-state index contributed by atoms with van der Waals surface area (Å²) < 4.78 is 24.0. The van der Waals surface area contributed by atoms with Crippen LogP contribution in [0.3, 0.4) is 0 Å². The van der Waals surface area contributed by atoms with Crippen molar-refractivity contribution in [2.45, 2.75) is 19.3 Å². The molecule has 0 aliphatic heterocycles. The number of rotatable bonds is 5. The zero-order chi connectivity index (χ0) is 20.3. The number of benzene rings is 2. The van der Waals surface area contributed by atoms with E-state index in [2.05, 4.69) is 0 Å². The average Bonchev–Trinajstić information content (AvgIpc) is 2.69. The molecular formula is C22H20ClFO4. The fourth-order valence-corrected chi connectivity index (χ4v) is 3.65. The normalized spacial score (nSPS) is 19.1. The van der Waals surface area contributed by atoms with Crippen LogP contribution in [0.5, 0.6) is 5.75 Å². The predicted octanol–water partition coefficient (Wildman–Crippen LogP) is 4.81. The Labute approximate surface area is 167 Å². The van der Waals surface area contributed by atoms with Crippen LogP contribution in [-0.2, 0) is 14.3 Å². The lowest BCUT2D eigenvalue weighted by atomic mass is 9.73. The summed E-state index contributed by atoms with van der Waals surface area (Å²) in [5, 5.41) is -0.0509. The number of allylic oxidation sites excluding steroid dienone is 2. The number of hydrogen-bond donors (Lipinski definition) is 0. The summed E-state index contributed by atoms with van der Waals surface area (Å²) in [4.78, 5) is 25.4. The zero-order valence-corrected chi connectivity index (χ0v) is 16.3. The first kappa shape index (κ1) is 20.1. The summed E-state index contributed by atoms with van der Waals surface area (Å²) >= 11 is 5.94. The highest BCUT2D eigenvalue weighted by Gasteiger charge is 2.40. The van der Waals surface area contributed by atoms with Crippen LogP contribution >= 0.6 is 11.6 Å². The van der Waals surface area contributed by atoms with Gasteiger partial charge in [-0.2, -0.15) is 0 Å². The minimum Gasteiger partial charge on any atom is -0.497 e. The molecule has 0 aromatic heterocycles. The third kappa shape index (κ3) is 4.09. The molecule has 0 saturated carbocycles. The first-order chi connectivity index (χ1) is 13.4. The van der Waals surface area contributed by atoms with E-state index in [1.807, 2.05) is 24.3 Å². The molecule has 0 fully saturated rings. The van der Waals surface area contributed by atoms with Gasteiger partial charge in [0.2, 0.25) is 0 Å². The molecule has 0 amide bonds. The number of hydrogen-bond acceptors (Lipinski definition) is 4. The summed E-state index contributed by atoms with van der Waals surface area (Å²) in [5.41, 5.74) is 2.22. The third-order valence-electron chi connectivity index (χ3n) is 4.82. The largest absolute Gasteiger partial charge is 0.497 e. The van der Waals surface area contributed by atoms with Crippen molar-refractivity contribution in [1.29, 1.82) is 0 Å². The van der Waals surface area contributed by atoms with Gasteiger partial charge in [-0.25, -0.2) is 4.39 Å². The number of halogens is 2. The molecule has 0 N–H and O–H groups in total. The van der Waals surface area contributed by atoms with Crippen LogP contribution in [0.1, 0.15) is 30.4 Å². The molecule has 1 aliphatic carbocycles. The maximum absolute atomic E-state index is 13.6. The van der Waals surface area contributed by atoms with Crippen molar-refractivity contribution in [3.8, 4) is 5.75 Å². The van der Waals surface area contributed by atoms with Crippen molar-refractivity contribution < 1.29 is 23.5 Å². The monoisotopic (exact) mass is 402 g/mol. The molecule has 0 bridgehead atoms. The Bertz CT molecular complexity index is 938. The van der Waals surface area contributed by atoms with Crippen molar-refractivity contribution in [1.82, 2.24) is 0 Å². The molecule has 2 unspecified atom stereocenters. The zero-order valence-electron chi connectivity index (χ0n) is 15.6. The average molecular weight is 403 g/mol. The van der Waals surface area contributed by atoms with Crippen LogP contribution in [0.15, 0.2) is 48.5 Å². The second-order valence-electron chi connectivity index (χ2n) is 6.52. The molecule has 0 spiro atoms. The van der Waals surface area contributed by atoms with Crippen LogP contribution in [0.2, 0.25) is 5.02 Å². The highest BCUT2D eigenvalue weighted by Crippen LogP contribution is 2.41. The van der Waals surface area contributed by atoms with E-state index in [4.69, 9.17) is 21.1 Å². The van der Waals surface area contributed by atoms with E-state index in [0.29, 0.717) is 17.7 Å². The molecule has 6 heteroatoms. The highest BCUT2D eigenvalue weighted by atomic mass is 35.5. The lowest BCUT2D eigenvalue weighted by Gasteiger charge is -2.29. The van der Waals surface area contributed by atoms with E-state index in [1.165, 1.54) is 18.2 Å². The molecule has 0 radical (unpaired) electrons. The Balaban J connectivity index is 2.05. The quantitative estimate of drug-likeness (QED) is 0.532. The maximum Gasteiger partial charge on any atom is 0.317 e. The number of methoxy groups -OCH3 is 1. The molecular weight excluding hydrogens is 383 g/mol. The molecule has 28 heavy (non-hydrogen) atoms. The second-order valence-corrected chi connectivity index (χ2v) is 6.92. The number of esters is 1. The molecule has 0 heterocycles. The summed E-state index contributed by atoms with van der Waals surface area (Å²) in [7, 11) is 1.57. The van der Waals surface area contributed by atoms with Gasteiger partial charge in [0.15, 0.2) is 5.78 Å². The van der Waals surface area contributed by atoms with E-state index < -0.39 is 23.6 Å². The van der Waals surface area contributed by atoms with Gasteiger partial charge in [-0.1, -0.05) is 29.8 Å². The number of carbonyl (C=O) groups is 2. The van der Waals surface area contributed by atoms with Crippen molar-refractivity contribution >= 4 is 28.9 Å². The molecule has 0 saturated heterocycles. The molecule has 3 rings (SSSR count). The fraction of sp³-hybridized carbons (Fsp3) is 0.273. The summed E-state index contributed by atoms with van der Waals surface area (Å²) in [6.07, 6.45) is 1.89. The minimum absolute atomic E-state index is 0.0509. The van der Waals surface area contributed by atoms with Gasteiger partial charge in [-0.15, -0.1) is 0 Å². The fourth-order valence-electron chi connectivity index (χ4n) is 3.46. The van der Waals surface area contributed by atoms with Gasteiger partial charge in [-0.05, 0) is 60.4 Å². The van der Waals surface area contributed by atoms with Crippen LogP contribution in [0.25, 0.3) is 5.57 Å². The minimum atomic E-state index is -0.990. The van der Waals surface area contributed by atoms with E-state index >= 15 is 0 Å². The standard InChI is InChI=1S/C22H20ClFO4/c1-3-28-22(26)21-17(14-7-8-19(24)18(23)11-14)10-15(12-20(21)25)13-5-4-6-16(9-13)27-2/h4-9,11-12,17,21H,3,10H2,1-2H3. The van der Waals surface area contributed by atoms with Crippen LogP contribution in [0.4, 0.5) is 4.39 Å². The summed E-state index contributed by atoms with van der Waals surface area (Å²) in [6, 6.07) is 11.6. The van der Waals surface area contributed by atoms with Gasteiger partial charge in [0.1, 0.15) is 17.5 Å². The smallest absolute Gasteiger partial charge is 0.317 e. The van der Waals surface area contributed by atoms with Gasteiger partial charge < -0.3 is 9.47 Å². The van der Waals surface area contributed by atoms with Gasteiger partial charge in [-0.3, -0.25) is 9.59 Å². The number of ketones is 1. The predicted molar refractivity (Wildman–Crippen MR) is 105 cm³/mol. The van der Waals surface area contributed by atoms with Crippen LogP contribution < -0.4 is 4.74 Å². The number of ether oxygens (including phenoxy) is 2. The van der Waals surface area contributed by atoms with E-state index in [1.54, 1.807) is 20.1 Å². The lowest BCUT2D eigenvalue weighted by molar-refractivity contribution is -0.151. The first-order valence-corrected chi connectivity index (χ1v) is 9.32. The topological polar surface area (TPSA) is 52.6 Å². The maximum atomic E-state index is 13.6. The Kier molecular flexibility index (Phi) is 6.15. The van der Waals surface area contributed by atoms with Crippen LogP contribution in [-0.4, -0.2) is 25.5 Å². The second kappa shape index (κ2) is 8.57. The summed E-state index contributed by atoms with van der Waals surface area (Å²) in [5.74, 6) is -2.30. The Morgan fingerprint density at radius 2 is 2.04 bits per heavy atom. The van der Waals surface area contributed by atoms with Gasteiger partial charge in [0.25, 0.3) is 0 Å². The molecule has 2 aromatic carbocycles. The molecule has 2 aromatic rings. The highest BCUT2D eigenvalue weighted by molar-refractivity contribution is 6.30. The first-order valence-electron chi connectivity index (χ1n) is 8.95. The Morgan fingerprint density at radius 1 is 1.25 bits per heavy atom. The van der Waals surface area contributed by atoms with Crippen molar-refractivity contribution in [2.75, 3.05) is 13.7 Å². The van der Waals surface area contributed by atoms with E-state index in [-0.39, 0.29) is 17.4 Å². The van der Waals surface area contributed by atoms with Gasteiger partial charge >= 0.3 is 5.97 Å². The van der Waals surface area contributed by atoms with Gasteiger partial charge in [0.05, 0.1) is 18.7 Å². The van der Waals surface area contributed by atoms with Crippen molar-refractivity contribution in [2.24, 2.45) is 5.92 Å². The van der Waals surface area contributed by atoms with Crippen molar-refractivity contribution in [3.05, 3.63) is 70.5 Å². The number of carbonyl (C=O) groups excluding carboxylic acids is 2. The Hall–Kier alpha value is -2.66.